The van der Waals surface area contributed by atoms with Gasteiger partial charge in [0.25, 0.3) is 0 Å². The van der Waals surface area contributed by atoms with Crippen LogP contribution >= 0.6 is 0 Å². The summed E-state index contributed by atoms with van der Waals surface area (Å²) >= 11 is 0. The highest BCUT2D eigenvalue weighted by Gasteiger charge is 2.22. The Bertz CT molecular complexity index is 86.7. The van der Waals surface area contributed by atoms with E-state index in [1.165, 1.54) is 32.2 Å². The summed E-state index contributed by atoms with van der Waals surface area (Å²) in [4.78, 5) is 0. The lowest BCUT2D eigenvalue weighted by atomic mass is 9.75. The molecule has 0 radical (unpaired) electrons. The lowest BCUT2D eigenvalue weighted by Crippen LogP contribution is -2.22. The van der Waals surface area contributed by atoms with Gasteiger partial charge in [-0.3, -0.25) is 0 Å². The van der Waals surface area contributed by atoms with Gasteiger partial charge < -0.3 is 5.32 Å². The van der Waals surface area contributed by atoms with Crippen molar-refractivity contribution in [3.8, 4) is 0 Å². The number of nitrogens with one attached hydrogen (secondary N) is 1. The zero-order valence-corrected chi connectivity index (χ0v) is 7.19. The fraction of sp³-hybridized carbons (Fsp3) is 1.00. The molecule has 1 rings (SSSR count). The lowest BCUT2D eigenvalue weighted by molar-refractivity contribution is 0.210. The molecular formula is C9H19N. The summed E-state index contributed by atoms with van der Waals surface area (Å²) in [7, 11) is 2.04. The van der Waals surface area contributed by atoms with Crippen molar-refractivity contribution in [2.24, 2.45) is 11.8 Å². The van der Waals surface area contributed by atoms with Crippen molar-refractivity contribution in [1.29, 1.82) is 0 Å². The minimum absolute atomic E-state index is 0.959. The molecule has 0 spiro atoms. The van der Waals surface area contributed by atoms with Gasteiger partial charge in [0.15, 0.2) is 0 Å². The summed E-state index contributed by atoms with van der Waals surface area (Å²) in [6, 6.07) is 0. The summed E-state index contributed by atoms with van der Waals surface area (Å²) in [6.45, 7) is 3.58. The van der Waals surface area contributed by atoms with Gasteiger partial charge in [-0.05, 0) is 31.8 Å². The van der Waals surface area contributed by atoms with Gasteiger partial charge in [-0.2, -0.15) is 0 Å². The number of hydrogen-bond acceptors (Lipinski definition) is 1. The molecule has 10 heavy (non-hydrogen) atoms. The Morgan fingerprint density at radius 3 is 2.60 bits per heavy atom. The minimum Gasteiger partial charge on any atom is -0.320 e. The molecule has 1 N–H and O–H groups in total. The van der Waals surface area contributed by atoms with Crippen molar-refractivity contribution in [2.75, 3.05) is 13.6 Å². The zero-order chi connectivity index (χ0) is 7.40. The maximum absolute atomic E-state index is 3.20. The van der Waals surface area contributed by atoms with Crippen LogP contribution in [0.4, 0.5) is 0 Å². The van der Waals surface area contributed by atoms with Crippen LogP contribution in [0.25, 0.3) is 0 Å². The first-order valence-electron chi connectivity index (χ1n) is 4.49. The maximum Gasteiger partial charge on any atom is -0.00493 e. The minimum atomic E-state index is 0.959. The molecule has 1 unspecified atom stereocenters. The summed E-state index contributed by atoms with van der Waals surface area (Å²) < 4.78 is 0. The van der Waals surface area contributed by atoms with Crippen LogP contribution in [0.5, 0.6) is 0 Å². The molecule has 0 aromatic heterocycles. The molecule has 0 bridgehead atoms. The van der Waals surface area contributed by atoms with Gasteiger partial charge in [0.05, 0.1) is 0 Å². The molecule has 1 heteroatoms. The molecule has 0 aromatic rings. The van der Waals surface area contributed by atoms with Crippen LogP contribution in [-0.2, 0) is 0 Å². The average molecular weight is 141 g/mol. The SMILES string of the molecule is CNCCC(C)C1CCC1. The van der Waals surface area contributed by atoms with E-state index in [2.05, 4.69) is 12.2 Å². The quantitative estimate of drug-likeness (QED) is 0.631. The molecule has 0 aliphatic heterocycles. The van der Waals surface area contributed by atoms with Crippen molar-refractivity contribution in [2.45, 2.75) is 32.6 Å². The van der Waals surface area contributed by atoms with E-state index in [-0.39, 0.29) is 0 Å². The number of hydrogen-bond donors (Lipinski definition) is 1. The second kappa shape index (κ2) is 3.97. The van der Waals surface area contributed by atoms with E-state index in [0.717, 1.165) is 11.8 Å². The summed E-state index contributed by atoms with van der Waals surface area (Å²) in [6.07, 6.45) is 5.82. The molecule has 1 aliphatic carbocycles. The van der Waals surface area contributed by atoms with Crippen LogP contribution < -0.4 is 5.32 Å². The zero-order valence-electron chi connectivity index (χ0n) is 7.19. The Kier molecular flexibility index (Phi) is 3.20. The van der Waals surface area contributed by atoms with Crippen LogP contribution in [0.15, 0.2) is 0 Å². The topological polar surface area (TPSA) is 12.0 Å². The van der Waals surface area contributed by atoms with E-state index in [4.69, 9.17) is 0 Å². The molecule has 1 nitrogen and oxygen atoms in total. The summed E-state index contributed by atoms with van der Waals surface area (Å²) in [5, 5.41) is 3.20. The summed E-state index contributed by atoms with van der Waals surface area (Å²) in [5.41, 5.74) is 0. The van der Waals surface area contributed by atoms with Crippen LogP contribution in [0.3, 0.4) is 0 Å². The van der Waals surface area contributed by atoms with Crippen molar-refractivity contribution in [3.63, 3.8) is 0 Å². The molecule has 0 aromatic carbocycles. The highest BCUT2D eigenvalue weighted by atomic mass is 14.8. The first kappa shape index (κ1) is 8.06. The predicted molar refractivity (Wildman–Crippen MR) is 45.0 cm³/mol. The predicted octanol–water partition coefficient (Wildman–Crippen LogP) is 2.03. The highest BCUT2D eigenvalue weighted by Crippen LogP contribution is 2.34. The van der Waals surface area contributed by atoms with E-state index in [9.17, 15) is 0 Å². The Balaban J connectivity index is 2.02. The monoisotopic (exact) mass is 141 g/mol. The Hall–Kier alpha value is -0.0400. The van der Waals surface area contributed by atoms with Crippen molar-refractivity contribution in [1.82, 2.24) is 5.32 Å². The number of rotatable bonds is 4. The van der Waals surface area contributed by atoms with Crippen LogP contribution in [0.1, 0.15) is 32.6 Å². The third kappa shape index (κ3) is 1.98. The molecular weight excluding hydrogens is 122 g/mol. The Morgan fingerprint density at radius 1 is 1.50 bits per heavy atom. The molecule has 0 saturated heterocycles. The first-order chi connectivity index (χ1) is 4.84. The molecule has 60 valence electrons. The van der Waals surface area contributed by atoms with Gasteiger partial charge in [0.2, 0.25) is 0 Å². The average Bonchev–Trinajstić information content (AvgIpc) is 1.79. The third-order valence-electron chi connectivity index (χ3n) is 2.80. The van der Waals surface area contributed by atoms with Crippen molar-refractivity contribution in [3.05, 3.63) is 0 Å². The second-order valence-corrected chi connectivity index (χ2v) is 3.56. The van der Waals surface area contributed by atoms with Crippen LogP contribution in [-0.4, -0.2) is 13.6 Å². The largest absolute Gasteiger partial charge is 0.320 e. The molecule has 0 amide bonds. The smallest absolute Gasteiger partial charge is 0.00493 e. The molecule has 1 fully saturated rings. The van der Waals surface area contributed by atoms with E-state index in [1.54, 1.807) is 0 Å². The van der Waals surface area contributed by atoms with Gasteiger partial charge in [-0.15, -0.1) is 0 Å². The van der Waals surface area contributed by atoms with Crippen molar-refractivity contribution < 1.29 is 0 Å². The van der Waals surface area contributed by atoms with E-state index in [0.29, 0.717) is 0 Å². The van der Waals surface area contributed by atoms with Crippen LogP contribution in [0, 0.1) is 11.8 Å². The Morgan fingerprint density at radius 2 is 2.20 bits per heavy atom. The molecule has 0 heterocycles. The first-order valence-corrected chi connectivity index (χ1v) is 4.49. The van der Waals surface area contributed by atoms with E-state index >= 15 is 0 Å². The van der Waals surface area contributed by atoms with E-state index in [1.807, 2.05) is 7.05 Å². The molecule has 1 atom stereocenters. The fourth-order valence-corrected chi connectivity index (χ4v) is 1.62. The normalized spacial score (nSPS) is 22.2. The lowest BCUT2D eigenvalue weighted by Gasteiger charge is -2.31. The van der Waals surface area contributed by atoms with Gasteiger partial charge in [-0.1, -0.05) is 26.2 Å². The van der Waals surface area contributed by atoms with Gasteiger partial charge in [0, 0.05) is 0 Å². The van der Waals surface area contributed by atoms with Gasteiger partial charge in [-0.25, -0.2) is 0 Å². The standard InChI is InChI=1S/C9H19N/c1-8(6-7-10-2)9-4-3-5-9/h8-10H,3-7H2,1-2H3. The van der Waals surface area contributed by atoms with Gasteiger partial charge in [0.1, 0.15) is 0 Å². The third-order valence-corrected chi connectivity index (χ3v) is 2.80. The van der Waals surface area contributed by atoms with Crippen LogP contribution in [0.2, 0.25) is 0 Å². The Labute approximate surface area is 64.2 Å². The summed E-state index contributed by atoms with van der Waals surface area (Å²) in [5.74, 6) is 2.02. The molecule has 1 aliphatic rings. The van der Waals surface area contributed by atoms with E-state index < -0.39 is 0 Å². The second-order valence-electron chi connectivity index (χ2n) is 3.56. The fourth-order valence-electron chi connectivity index (χ4n) is 1.62. The van der Waals surface area contributed by atoms with Crippen molar-refractivity contribution >= 4 is 0 Å². The molecule has 1 saturated carbocycles. The highest BCUT2D eigenvalue weighted by molar-refractivity contribution is 4.74. The maximum atomic E-state index is 3.20. The van der Waals surface area contributed by atoms with Gasteiger partial charge >= 0.3 is 0 Å².